The van der Waals surface area contributed by atoms with Gasteiger partial charge in [0.05, 0.1) is 0 Å². The minimum atomic E-state index is 0.451. The van der Waals surface area contributed by atoms with E-state index in [1.165, 1.54) is 0 Å². The lowest BCUT2D eigenvalue weighted by atomic mass is 10.1. The van der Waals surface area contributed by atoms with Crippen LogP contribution in [0.25, 0.3) is 0 Å². The smallest absolute Gasteiger partial charge is 0.151 e. The Morgan fingerprint density at radius 3 is 2.36 bits per heavy atom. The number of rotatable bonds is 2. The Morgan fingerprint density at radius 2 is 1.91 bits per heavy atom. The van der Waals surface area contributed by atoms with Crippen molar-refractivity contribution in [3.8, 4) is 0 Å². The molecule has 0 fully saturated rings. The number of hydrogen-bond acceptors (Lipinski definition) is 2. The van der Waals surface area contributed by atoms with E-state index >= 15 is 0 Å². The van der Waals surface area contributed by atoms with Gasteiger partial charge in [-0.3, -0.25) is 9.59 Å². The van der Waals surface area contributed by atoms with Gasteiger partial charge in [0, 0.05) is 14.7 Å². The fourth-order valence-electron chi connectivity index (χ4n) is 0.781. The molecule has 1 aromatic rings. The van der Waals surface area contributed by atoms with Gasteiger partial charge in [0.15, 0.2) is 12.6 Å². The zero-order valence-electron chi connectivity index (χ0n) is 5.58. The molecule has 0 spiro atoms. The maximum absolute atomic E-state index is 10.4. The molecule has 0 heterocycles. The van der Waals surface area contributed by atoms with Crippen molar-refractivity contribution in [1.82, 2.24) is 0 Å². The maximum Gasteiger partial charge on any atom is 0.151 e. The maximum atomic E-state index is 10.4. The molecule has 56 valence electrons. The van der Waals surface area contributed by atoms with Crippen LogP contribution < -0.4 is 0 Å². The van der Waals surface area contributed by atoms with Crippen LogP contribution >= 0.6 is 22.6 Å². The molecular formula is C8H5IO2. The predicted molar refractivity (Wildman–Crippen MR) is 49.9 cm³/mol. The normalized spacial score (nSPS) is 9.18. The molecule has 0 N–H and O–H groups in total. The highest BCUT2D eigenvalue weighted by Crippen LogP contribution is 2.12. The van der Waals surface area contributed by atoms with Gasteiger partial charge in [-0.2, -0.15) is 0 Å². The van der Waals surface area contributed by atoms with Gasteiger partial charge < -0.3 is 0 Å². The van der Waals surface area contributed by atoms with E-state index in [9.17, 15) is 9.59 Å². The van der Waals surface area contributed by atoms with Crippen molar-refractivity contribution in [3.05, 3.63) is 32.9 Å². The minimum absolute atomic E-state index is 0.451. The summed E-state index contributed by atoms with van der Waals surface area (Å²) in [5.41, 5.74) is 0.926. The van der Waals surface area contributed by atoms with E-state index < -0.39 is 0 Å². The van der Waals surface area contributed by atoms with E-state index in [2.05, 4.69) is 0 Å². The average molecular weight is 260 g/mol. The summed E-state index contributed by atoms with van der Waals surface area (Å²) in [6.07, 6.45) is 1.39. The average Bonchev–Trinajstić information content (AvgIpc) is 2.04. The van der Waals surface area contributed by atoms with E-state index in [1.807, 2.05) is 22.6 Å². The van der Waals surface area contributed by atoms with Crippen molar-refractivity contribution in [2.45, 2.75) is 0 Å². The molecule has 1 rings (SSSR count). The van der Waals surface area contributed by atoms with Crippen LogP contribution in [0.1, 0.15) is 20.7 Å². The first-order valence-corrected chi connectivity index (χ1v) is 4.06. The summed E-state index contributed by atoms with van der Waals surface area (Å²) in [4.78, 5) is 20.8. The number of benzene rings is 1. The molecular weight excluding hydrogens is 255 g/mol. The van der Waals surface area contributed by atoms with Crippen LogP contribution in [-0.2, 0) is 0 Å². The van der Waals surface area contributed by atoms with E-state index in [0.717, 1.165) is 3.57 Å². The van der Waals surface area contributed by atoms with Crippen LogP contribution in [0.2, 0.25) is 0 Å². The second-order valence-electron chi connectivity index (χ2n) is 1.98. The summed E-state index contributed by atoms with van der Waals surface area (Å²) >= 11 is 2.02. The summed E-state index contributed by atoms with van der Waals surface area (Å²) in [6.45, 7) is 0. The summed E-state index contributed by atoms with van der Waals surface area (Å²) in [6, 6.07) is 5.16. The van der Waals surface area contributed by atoms with Crippen LogP contribution in [0.15, 0.2) is 18.2 Å². The fraction of sp³-hybridized carbons (Fsp3) is 0. The van der Waals surface area contributed by atoms with Gasteiger partial charge >= 0.3 is 0 Å². The van der Waals surface area contributed by atoms with Crippen molar-refractivity contribution in [1.29, 1.82) is 0 Å². The standard InChI is InChI=1S/C8H5IO2/c9-8-3-1-2-6(4-10)7(8)5-11/h1-5H. The molecule has 11 heavy (non-hydrogen) atoms. The molecule has 0 aliphatic rings. The van der Waals surface area contributed by atoms with Crippen LogP contribution in [-0.4, -0.2) is 12.6 Å². The summed E-state index contributed by atoms with van der Waals surface area (Å²) < 4.78 is 0.808. The van der Waals surface area contributed by atoms with E-state index in [4.69, 9.17) is 0 Å². The molecule has 0 aromatic heterocycles. The first kappa shape index (κ1) is 8.39. The van der Waals surface area contributed by atoms with Crippen molar-refractivity contribution >= 4 is 35.2 Å². The lowest BCUT2D eigenvalue weighted by Crippen LogP contribution is -1.93. The SMILES string of the molecule is O=Cc1cccc(I)c1C=O. The molecule has 0 amide bonds. The lowest BCUT2D eigenvalue weighted by Gasteiger charge is -1.97. The number of carbonyl (C=O) groups excluding carboxylic acids is 2. The molecule has 1 aromatic carbocycles. The number of halogens is 1. The molecule has 0 unspecified atom stereocenters. The molecule has 2 nitrogen and oxygen atoms in total. The van der Waals surface area contributed by atoms with Gasteiger partial charge in [0.25, 0.3) is 0 Å². The molecule has 3 heteroatoms. The van der Waals surface area contributed by atoms with Gasteiger partial charge in [0.2, 0.25) is 0 Å². The molecule has 0 saturated heterocycles. The highest BCUT2D eigenvalue weighted by atomic mass is 127. The number of aldehydes is 2. The Kier molecular flexibility index (Phi) is 2.76. The Labute approximate surface area is 77.7 Å². The van der Waals surface area contributed by atoms with Gasteiger partial charge in [0.1, 0.15) is 0 Å². The van der Waals surface area contributed by atoms with E-state index in [1.54, 1.807) is 18.2 Å². The third kappa shape index (κ3) is 1.65. The third-order valence-corrected chi connectivity index (χ3v) is 2.27. The van der Waals surface area contributed by atoms with E-state index in [-0.39, 0.29) is 0 Å². The molecule has 0 saturated carbocycles. The van der Waals surface area contributed by atoms with Crippen LogP contribution in [0.3, 0.4) is 0 Å². The van der Waals surface area contributed by atoms with Crippen molar-refractivity contribution < 1.29 is 9.59 Å². The van der Waals surface area contributed by atoms with Crippen molar-refractivity contribution in [2.24, 2.45) is 0 Å². The van der Waals surface area contributed by atoms with Crippen LogP contribution in [0.4, 0.5) is 0 Å². The van der Waals surface area contributed by atoms with Crippen LogP contribution in [0.5, 0.6) is 0 Å². The van der Waals surface area contributed by atoms with Crippen LogP contribution in [0, 0.1) is 3.57 Å². The monoisotopic (exact) mass is 260 g/mol. The molecule has 0 atom stereocenters. The van der Waals surface area contributed by atoms with E-state index in [0.29, 0.717) is 23.7 Å². The Bertz CT molecular complexity index is 294. The highest BCUT2D eigenvalue weighted by Gasteiger charge is 2.02. The number of carbonyl (C=O) groups is 2. The summed E-state index contributed by atoms with van der Waals surface area (Å²) in [7, 11) is 0. The van der Waals surface area contributed by atoms with Crippen molar-refractivity contribution in [2.75, 3.05) is 0 Å². The molecule has 0 bridgehead atoms. The molecule has 0 radical (unpaired) electrons. The Hall–Kier alpha value is -0.710. The second-order valence-corrected chi connectivity index (χ2v) is 3.14. The van der Waals surface area contributed by atoms with Gasteiger partial charge in [-0.15, -0.1) is 0 Å². The Balaban J connectivity index is 3.35. The highest BCUT2D eigenvalue weighted by molar-refractivity contribution is 14.1. The fourth-order valence-corrected chi connectivity index (χ4v) is 1.43. The van der Waals surface area contributed by atoms with Gasteiger partial charge in [-0.1, -0.05) is 12.1 Å². The third-order valence-electron chi connectivity index (χ3n) is 1.33. The first-order valence-electron chi connectivity index (χ1n) is 2.98. The van der Waals surface area contributed by atoms with Gasteiger partial charge in [-0.25, -0.2) is 0 Å². The molecule has 0 aliphatic heterocycles. The zero-order valence-corrected chi connectivity index (χ0v) is 7.74. The largest absolute Gasteiger partial charge is 0.298 e. The van der Waals surface area contributed by atoms with Gasteiger partial charge in [-0.05, 0) is 28.7 Å². The quantitative estimate of drug-likeness (QED) is 0.601. The predicted octanol–water partition coefficient (Wildman–Crippen LogP) is 1.92. The van der Waals surface area contributed by atoms with Crippen molar-refractivity contribution in [3.63, 3.8) is 0 Å². The molecule has 0 aliphatic carbocycles. The minimum Gasteiger partial charge on any atom is -0.298 e. The second kappa shape index (κ2) is 3.61. The number of hydrogen-bond donors (Lipinski definition) is 0. The zero-order chi connectivity index (χ0) is 8.27. The summed E-state index contributed by atoms with van der Waals surface area (Å²) in [5.74, 6) is 0. The lowest BCUT2D eigenvalue weighted by molar-refractivity contribution is 0.109. The Morgan fingerprint density at radius 1 is 1.18 bits per heavy atom. The summed E-state index contributed by atoms with van der Waals surface area (Å²) in [5, 5.41) is 0. The topological polar surface area (TPSA) is 34.1 Å². The first-order chi connectivity index (χ1) is 5.29.